The van der Waals surface area contributed by atoms with Crippen LogP contribution in [0.4, 0.5) is 0 Å². The number of benzene rings is 1. The molecule has 120 valence electrons. The summed E-state index contributed by atoms with van der Waals surface area (Å²) in [5.41, 5.74) is 3.21. The second-order valence-electron chi connectivity index (χ2n) is 6.19. The fourth-order valence-corrected chi connectivity index (χ4v) is 6.03. The van der Waals surface area contributed by atoms with Crippen molar-refractivity contribution in [2.75, 3.05) is 5.75 Å². The first-order valence-electron chi connectivity index (χ1n) is 7.72. The molecule has 0 unspecified atom stereocenters. The third kappa shape index (κ3) is 2.39. The van der Waals surface area contributed by atoms with E-state index in [1.165, 1.54) is 0 Å². The summed E-state index contributed by atoms with van der Waals surface area (Å²) in [5.74, 6) is -0.263. The lowest BCUT2D eigenvalue weighted by atomic mass is 9.79. The Balaban J connectivity index is 1.96. The lowest BCUT2D eigenvalue weighted by Crippen LogP contribution is -2.32. The molecule has 0 fully saturated rings. The molecule has 2 aliphatic heterocycles. The first-order chi connectivity index (χ1) is 11.0. The number of hydrogen-bond donors (Lipinski definition) is 1. The van der Waals surface area contributed by atoms with Crippen molar-refractivity contribution in [3.8, 4) is 0 Å². The number of carbonyl (C=O) groups is 1. The minimum atomic E-state index is -3.32. The third-order valence-electron chi connectivity index (χ3n) is 4.74. The van der Waals surface area contributed by atoms with Gasteiger partial charge in [-0.05, 0) is 30.5 Å². The molecule has 1 N–H and O–H groups in total. The zero-order valence-electron chi connectivity index (χ0n) is 12.4. The Morgan fingerprint density at radius 3 is 2.74 bits per heavy atom. The molecule has 0 radical (unpaired) electrons. The number of nitrogens with one attached hydrogen (secondary N) is 1. The van der Waals surface area contributed by atoms with E-state index in [-0.39, 0.29) is 11.5 Å². The normalized spacial score (nSPS) is 26.0. The van der Waals surface area contributed by atoms with E-state index in [2.05, 4.69) is 21.2 Å². The maximum atomic E-state index is 12.6. The molecule has 4 rings (SSSR count). The van der Waals surface area contributed by atoms with Gasteiger partial charge in [0, 0.05) is 34.3 Å². The van der Waals surface area contributed by atoms with Crippen LogP contribution in [0.25, 0.3) is 0 Å². The van der Waals surface area contributed by atoms with Crippen LogP contribution >= 0.6 is 15.9 Å². The van der Waals surface area contributed by atoms with Gasteiger partial charge >= 0.3 is 0 Å². The summed E-state index contributed by atoms with van der Waals surface area (Å²) in [5, 5.41) is 3.27. The zero-order valence-corrected chi connectivity index (χ0v) is 14.8. The number of halogens is 1. The molecule has 1 aromatic carbocycles. The second kappa shape index (κ2) is 5.31. The molecular weight excluding hydrogens is 378 g/mol. The molecular formula is C17H16BrNO3S. The van der Waals surface area contributed by atoms with Gasteiger partial charge in [0.15, 0.2) is 15.6 Å². The lowest BCUT2D eigenvalue weighted by molar-refractivity contribution is -0.116. The number of hydrogen-bond acceptors (Lipinski definition) is 4. The van der Waals surface area contributed by atoms with E-state index >= 15 is 0 Å². The van der Waals surface area contributed by atoms with Crippen LogP contribution in [0.3, 0.4) is 0 Å². The molecule has 6 heteroatoms. The van der Waals surface area contributed by atoms with E-state index in [4.69, 9.17) is 0 Å². The molecule has 0 bridgehead atoms. The summed E-state index contributed by atoms with van der Waals surface area (Å²) < 4.78 is 26.1. The molecule has 0 aromatic heterocycles. The van der Waals surface area contributed by atoms with Gasteiger partial charge in [-0.2, -0.15) is 0 Å². The average Bonchev–Trinajstić information content (AvgIpc) is 2.81. The lowest BCUT2D eigenvalue weighted by Gasteiger charge is -2.33. The maximum absolute atomic E-state index is 12.6. The van der Waals surface area contributed by atoms with E-state index in [1.807, 2.05) is 24.3 Å². The Hall–Kier alpha value is -1.40. The SMILES string of the molecule is O=C1CCCC2=C1[C@H](c1cccc(Br)c1)C1=C(CCS1(=O)=O)N2. The second-order valence-corrected chi connectivity index (χ2v) is 9.19. The summed E-state index contributed by atoms with van der Waals surface area (Å²) in [4.78, 5) is 13.0. The number of ketones is 1. The van der Waals surface area contributed by atoms with Crippen molar-refractivity contribution in [1.29, 1.82) is 0 Å². The molecule has 0 amide bonds. The van der Waals surface area contributed by atoms with Crippen LogP contribution in [0.2, 0.25) is 0 Å². The number of rotatable bonds is 1. The van der Waals surface area contributed by atoms with Crippen molar-refractivity contribution in [3.63, 3.8) is 0 Å². The Morgan fingerprint density at radius 1 is 1.13 bits per heavy atom. The van der Waals surface area contributed by atoms with Crippen LogP contribution < -0.4 is 5.32 Å². The van der Waals surface area contributed by atoms with Gasteiger partial charge in [0.05, 0.1) is 16.6 Å². The highest BCUT2D eigenvalue weighted by atomic mass is 79.9. The summed E-state index contributed by atoms with van der Waals surface area (Å²) in [6.45, 7) is 0. The van der Waals surface area contributed by atoms with Gasteiger partial charge in [-0.15, -0.1) is 0 Å². The number of allylic oxidation sites excluding steroid dienone is 4. The highest BCUT2D eigenvalue weighted by Gasteiger charge is 2.44. The van der Waals surface area contributed by atoms with Crippen molar-refractivity contribution in [2.45, 2.75) is 31.6 Å². The van der Waals surface area contributed by atoms with Gasteiger partial charge in [-0.25, -0.2) is 8.42 Å². The fraction of sp³-hybridized carbons (Fsp3) is 0.353. The molecule has 1 atom stereocenters. The summed E-state index contributed by atoms with van der Waals surface area (Å²) in [6.07, 6.45) is 2.63. The molecule has 0 saturated heterocycles. The molecule has 2 heterocycles. The monoisotopic (exact) mass is 393 g/mol. The molecule has 23 heavy (non-hydrogen) atoms. The van der Waals surface area contributed by atoms with Gasteiger partial charge in [-0.1, -0.05) is 28.1 Å². The van der Waals surface area contributed by atoms with Gasteiger partial charge in [0.1, 0.15) is 0 Å². The minimum Gasteiger partial charge on any atom is -0.361 e. The molecule has 1 aromatic rings. The Morgan fingerprint density at radius 2 is 1.96 bits per heavy atom. The average molecular weight is 394 g/mol. The predicted octanol–water partition coefficient (Wildman–Crippen LogP) is 3.17. The summed E-state index contributed by atoms with van der Waals surface area (Å²) in [7, 11) is -3.32. The van der Waals surface area contributed by atoms with Gasteiger partial charge < -0.3 is 5.32 Å². The van der Waals surface area contributed by atoms with Gasteiger partial charge in [0.25, 0.3) is 0 Å². The van der Waals surface area contributed by atoms with Crippen LogP contribution in [0.1, 0.15) is 37.2 Å². The predicted molar refractivity (Wildman–Crippen MR) is 91.3 cm³/mol. The van der Waals surface area contributed by atoms with E-state index in [0.717, 1.165) is 34.3 Å². The number of sulfone groups is 1. The highest BCUT2D eigenvalue weighted by molar-refractivity contribution is 9.10. The molecule has 4 nitrogen and oxygen atoms in total. The fourth-order valence-electron chi connectivity index (χ4n) is 3.78. The van der Waals surface area contributed by atoms with Crippen LogP contribution in [0.15, 0.2) is 50.6 Å². The van der Waals surface area contributed by atoms with Crippen molar-refractivity contribution >= 4 is 31.6 Å². The first-order valence-corrected chi connectivity index (χ1v) is 10.2. The van der Waals surface area contributed by atoms with Crippen molar-refractivity contribution in [2.24, 2.45) is 0 Å². The molecule has 3 aliphatic rings. The third-order valence-corrected chi connectivity index (χ3v) is 7.13. The zero-order chi connectivity index (χ0) is 16.2. The van der Waals surface area contributed by atoms with Gasteiger partial charge in [0.2, 0.25) is 0 Å². The topological polar surface area (TPSA) is 63.2 Å². The first kappa shape index (κ1) is 15.1. The van der Waals surface area contributed by atoms with Crippen molar-refractivity contribution in [3.05, 3.63) is 56.2 Å². The van der Waals surface area contributed by atoms with E-state index < -0.39 is 15.8 Å². The molecule has 0 spiro atoms. The molecule has 0 saturated carbocycles. The number of carbonyl (C=O) groups excluding carboxylic acids is 1. The molecule has 1 aliphatic carbocycles. The Bertz CT molecular complexity index is 883. The summed E-state index contributed by atoms with van der Waals surface area (Å²) in [6, 6.07) is 7.62. The highest BCUT2D eigenvalue weighted by Crippen LogP contribution is 2.47. The Kier molecular flexibility index (Phi) is 3.50. The Labute approximate surface area is 143 Å². The van der Waals surface area contributed by atoms with Crippen LogP contribution in [-0.4, -0.2) is 20.0 Å². The minimum absolute atomic E-state index is 0.0670. The van der Waals surface area contributed by atoms with Crippen LogP contribution in [0.5, 0.6) is 0 Å². The number of Topliss-reactive ketones (excluding diaryl/α,β-unsaturated/α-hetero) is 1. The van der Waals surface area contributed by atoms with E-state index in [1.54, 1.807) is 0 Å². The standard InChI is InChI=1S/C17H16BrNO3S/c18-11-4-1-3-10(9-11)15-16-12(5-2-6-14(16)20)19-13-7-8-23(21,22)17(13)15/h1,3-4,9,15,19H,2,5-8H2/t15-/m0/s1. The van der Waals surface area contributed by atoms with Crippen molar-refractivity contribution < 1.29 is 13.2 Å². The van der Waals surface area contributed by atoms with Crippen LogP contribution in [0, 0.1) is 0 Å². The largest absolute Gasteiger partial charge is 0.361 e. The smallest absolute Gasteiger partial charge is 0.177 e. The summed E-state index contributed by atoms with van der Waals surface area (Å²) >= 11 is 3.45. The van der Waals surface area contributed by atoms with E-state index in [9.17, 15) is 13.2 Å². The number of dihydropyridines is 1. The van der Waals surface area contributed by atoms with E-state index in [0.29, 0.717) is 23.3 Å². The van der Waals surface area contributed by atoms with Crippen LogP contribution in [-0.2, 0) is 14.6 Å². The maximum Gasteiger partial charge on any atom is 0.177 e. The van der Waals surface area contributed by atoms with Crippen molar-refractivity contribution in [1.82, 2.24) is 5.32 Å². The van der Waals surface area contributed by atoms with Gasteiger partial charge in [-0.3, -0.25) is 4.79 Å². The quantitative estimate of drug-likeness (QED) is 0.795.